The van der Waals surface area contributed by atoms with Crippen molar-refractivity contribution in [3.63, 3.8) is 0 Å². The van der Waals surface area contributed by atoms with E-state index in [0.717, 1.165) is 18.6 Å². The average Bonchev–Trinajstić information content (AvgIpc) is 2.14. The van der Waals surface area contributed by atoms with Crippen LogP contribution in [-0.2, 0) is 9.53 Å². The highest BCUT2D eigenvalue weighted by Gasteiger charge is 2.14. The molecular weight excluding hydrogens is 176 g/mol. The molecule has 1 atom stereocenters. The Morgan fingerprint density at radius 1 is 1.64 bits per heavy atom. The normalized spacial score (nSPS) is 21.6. The van der Waals surface area contributed by atoms with Gasteiger partial charge in [-0.15, -0.1) is 0 Å². The molecule has 0 heterocycles. The molecule has 0 aromatic rings. The van der Waals surface area contributed by atoms with Gasteiger partial charge < -0.3 is 4.74 Å². The van der Waals surface area contributed by atoms with E-state index >= 15 is 0 Å². The summed E-state index contributed by atoms with van der Waals surface area (Å²) in [7, 11) is 0. The third kappa shape index (κ3) is 3.95. The van der Waals surface area contributed by atoms with Gasteiger partial charge in [0, 0.05) is 13.3 Å². The Morgan fingerprint density at radius 2 is 2.43 bits per heavy atom. The van der Waals surface area contributed by atoms with Crippen molar-refractivity contribution in [3.8, 4) is 0 Å². The second-order valence-corrected chi connectivity index (χ2v) is 4.02. The second kappa shape index (κ2) is 5.84. The Hall–Kier alpha value is -0.790. The number of hydrogen-bond acceptors (Lipinski definition) is 2. The molecule has 0 saturated heterocycles. The average molecular weight is 196 g/mol. The fraction of sp³-hybridized carbons (Fsp3) is 0.750. The molecule has 0 radical (unpaired) electrons. The Kier molecular flexibility index (Phi) is 4.71. The van der Waals surface area contributed by atoms with Gasteiger partial charge in [-0.1, -0.05) is 19.8 Å². The maximum Gasteiger partial charge on any atom is 0.307 e. The van der Waals surface area contributed by atoms with Gasteiger partial charge in [0.25, 0.3) is 0 Å². The number of carbonyl (C=O) groups excluding carboxylic acids is 1. The van der Waals surface area contributed by atoms with Crippen LogP contribution in [0.3, 0.4) is 0 Å². The lowest BCUT2D eigenvalue weighted by Crippen LogP contribution is -2.08. The highest BCUT2D eigenvalue weighted by atomic mass is 16.5. The van der Waals surface area contributed by atoms with Crippen molar-refractivity contribution in [2.24, 2.45) is 5.92 Å². The summed E-state index contributed by atoms with van der Waals surface area (Å²) in [6, 6.07) is 0. The van der Waals surface area contributed by atoms with Gasteiger partial charge >= 0.3 is 5.97 Å². The maximum atomic E-state index is 10.8. The molecule has 0 N–H and O–H groups in total. The van der Waals surface area contributed by atoms with Crippen LogP contribution in [0.15, 0.2) is 11.8 Å². The zero-order valence-electron chi connectivity index (χ0n) is 9.21. The SMILES string of the molecule is CCCCC1C=C(OC(C)=O)CCC1. The quantitative estimate of drug-likeness (QED) is 0.644. The molecule has 14 heavy (non-hydrogen) atoms. The molecule has 1 rings (SSSR count). The van der Waals surface area contributed by atoms with E-state index in [9.17, 15) is 4.79 Å². The molecule has 2 heteroatoms. The smallest absolute Gasteiger partial charge is 0.307 e. The topological polar surface area (TPSA) is 26.3 Å². The Morgan fingerprint density at radius 3 is 3.07 bits per heavy atom. The largest absolute Gasteiger partial charge is 0.432 e. The Bertz CT molecular complexity index is 218. The molecule has 0 aliphatic heterocycles. The summed E-state index contributed by atoms with van der Waals surface area (Å²) < 4.78 is 5.12. The van der Waals surface area contributed by atoms with Crippen molar-refractivity contribution in [2.45, 2.75) is 52.4 Å². The number of unbranched alkanes of at least 4 members (excludes halogenated alkanes) is 1. The van der Waals surface area contributed by atoms with E-state index in [1.54, 1.807) is 0 Å². The second-order valence-electron chi connectivity index (χ2n) is 4.02. The minimum Gasteiger partial charge on any atom is -0.432 e. The van der Waals surface area contributed by atoms with Crippen molar-refractivity contribution in [2.75, 3.05) is 0 Å². The van der Waals surface area contributed by atoms with Gasteiger partial charge in [-0.2, -0.15) is 0 Å². The van der Waals surface area contributed by atoms with Crippen LogP contribution < -0.4 is 0 Å². The first-order valence-electron chi connectivity index (χ1n) is 5.61. The number of esters is 1. The molecule has 0 saturated carbocycles. The Labute approximate surface area is 86.3 Å². The van der Waals surface area contributed by atoms with Gasteiger partial charge in [-0.05, 0) is 31.3 Å². The van der Waals surface area contributed by atoms with Crippen LogP contribution in [0.5, 0.6) is 0 Å². The molecule has 80 valence electrons. The van der Waals surface area contributed by atoms with Crippen LogP contribution in [0, 0.1) is 5.92 Å². The fourth-order valence-corrected chi connectivity index (χ4v) is 1.93. The van der Waals surface area contributed by atoms with E-state index in [1.807, 2.05) is 0 Å². The van der Waals surface area contributed by atoms with Crippen molar-refractivity contribution in [3.05, 3.63) is 11.8 Å². The first-order chi connectivity index (χ1) is 6.72. The third-order valence-electron chi connectivity index (χ3n) is 2.62. The lowest BCUT2D eigenvalue weighted by molar-refractivity contribution is -0.137. The first-order valence-corrected chi connectivity index (χ1v) is 5.61. The van der Waals surface area contributed by atoms with Crippen LogP contribution >= 0.6 is 0 Å². The van der Waals surface area contributed by atoms with Crippen molar-refractivity contribution >= 4 is 5.97 Å². The van der Waals surface area contributed by atoms with E-state index in [4.69, 9.17) is 4.74 Å². The van der Waals surface area contributed by atoms with E-state index in [1.165, 1.54) is 32.6 Å². The maximum absolute atomic E-state index is 10.8. The monoisotopic (exact) mass is 196 g/mol. The van der Waals surface area contributed by atoms with Gasteiger partial charge in [0.2, 0.25) is 0 Å². The van der Waals surface area contributed by atoms with Gasteiger partial charge in [0.1, 0.15) is 5.76 Å². The van der Waals surface area contributed by atoms with Gasteiger partial charge in [0.05, 0.1) is 0 Å². The van der Waals surface area contributed by atoms with Crippen LogP contribution in [0.4, 0.5) is 0 Å². The standard InChI is InChI=1S/C12H20O2/c1-3-4-6-11-7-5-8-12(9-11)14-10(2)13/h9,11H,3-8H2,1-2H3. The van der Waals surface area contributed by atoms with Gasteiger partial charge in [-0.25, -0.2) is 0 Å². The predicted molar refractivity (Wildman–Crippen MR) is 56.7 cm³/mol. The molecule has 0 bridgehead atoms. The fourth-order valence-electron chi connectivity index (χ4n) is 1.93. The van der Waals surface area contributed by atoms with E-state index in [0.29, 0.717) is 5.92 Å². The lowest BCUT2D eigenvalue weighted by atomic mass is 9.90. The lowest BCUT2D eigenvalue weighted by Gasteiger charge is -2.19. The van der Waals surface area contributed by atoms with E-state index in [2.05, 4.69) is 13.0 Å². The zero-order chi connectivity index (χ0) is 10.4. The van der Waals surface area contributed by atoms with Crippen LogP contribution in [0.2, 0.25) is 0 Å². The molecule has 0 aromatic heterocycles. The van der Waals surface area contributed by atoms with Crippen LogP contribution in [0.25, 0.3) is 0 Å². The van der Waals surface area contributed by atoms with Crippen molar-refractivity contribution in [1.82, 2.24) is 0 Å². The molecule has 0 fully saturated rings. The van der Waals surface area contributed by atoms with Gasteiger partial charge in [0.15, 0.2) is 0 Å². The number of hydrogen-bond donors (Lipinski definition) is 0. The van der Waals surface area contributed by atoms with E-state index < -0.39 is 0 Å². The summed E-state index contributed by atoms with van der Waals surface area (Å²) in [6.07, 6.45) is 9.25. The number of ether oxygens (including phenoxy) is 1. The van der Waals surface area contributed by atoms with E-state index in [-0.39, 0.29) is 5.97 Å². The summed E-state index contributed by atoms with van der Waals surface area (Å²) in [4.78, 5) is 10.8. The summed E-state index contributed by atoms with van der Waals surface area (Å²) in [5.41, 5.74) is 0. The zero-order valence-corrected chi connectivity index (χ0v) is 9.21. The van der Waals surface area contributed by atoms with Crippen molar-refractivity contribution < 1.29 is 9.53 Å². The van der Waals surface area contributed by atoms with Crippen LogP contribution in [0.1, 0.15) is 52.4 Å². The number of rotatable bonds is 4. The number of carbonyl (C=O) groups is 1. The minimum absolute atomic E-state index is 0.188. The molecule has 0 aromatic carbocycles. The first kappa shape index (κ1) is 11.3. The summed E-state index contributed by atoms with van der Waals surface area (Å²) >= 11 is 0. The number of allylic oxidation sites excluding steroid dienone is 2. The predicted octanol–water partition coefficient (Wildman–Crippen LogP) is 3.42. The Balaban J connectivity index is 2.42. The minimum atomic E-state index is -0.188. The molecule has 1 aliphatic rings. The molecular formula is C12H20O2. The molecule has 0 spiro atoms. The summed E-state index contributed by atoms with van der Waals surface area (Å²) in [5, 5.41) is 0. The van der Waals surface area contributed by atoms with Gasteiger partial charge in [-0.3, -0.25) is 4.79 Å². The van der Waals surface area contributed by atoms with Crippen molar-refractivity contribution in [1.29, 1.82) is 0 Å². The third-order valence-corrected chi connectivity index (χ3v) is 2.62. The van der Waals surface area contributed by atoms with Crippen LogP contribution in [-0.4, -0.2) is 5.97 Å². The molecule has 1 unspecified atom stereocenters. The molecule has 0 amide bonds. The summed E-state index contributed by atoms with van der Waals surface area (Å²) in [5.74, 6) is 1.34. The molecule has 1 aliphatic carbocycles. The molecule has 2 nitrogen and oxygen atoms in total. The highest BCUT2D eigenvalue weighted by Crippen LogP contribution is 2.27. The summed E-state index contributed by atoms with van der Waals surface area (Å²) in [6.45, 7) is 3.68. The highest BCUT2D eigenvalue weighted by molar-refractivity contribution is 5.67.